The van der Waals surface area contributed by atoms with Gasteiger partial charge in [0.1, 0.15) is 11.2 Å². The molecule has 8 rings (SSSR count). The van der Waals surface area contributed by atoms with Crippen LogP contribution in [0.15, 0.2) is 71.1 Å². The molecule has 0 aliphatic heterocycles. The van der Waals surface area contributed by atoms with Gasteiger partial charge in [-0.1, -0.05) is 18.2 Å². The molecule has 0 spiro atoms. The van der Waals surface area contributed by atoms with E-state index >= 15 is 0 Å². The summed E-state index contributed by atoms with van der Waals surface area (Å²) < 4.78 is 8.98. The Balaban J connectivity index is 1.60. The highest BCUT2D eigenvalue weighted by Gasteiger charge is 2.23. The van der Waals surface area contributed by atoms with Crippen molar-refractivity contribution in [1.29, 1.82) is 0 Å². The number of nitrogens with zero attached hydrogens (tertiary/aromatic N) is 1. The number of rotatable bonds is 1. The van der Waals surface area contributed by atoms with E-state index < -0.39 is 0 Å². The van der Waals surface area contributed by atoms with E-state index in [2.05, 4.69) is 71.3 Å². The smallest absolute Gasteiger partial charge is 0.145 e. The molecule has 30 heavy (non-hydrogen) atoms. The maximum Gasteiger partial charge on any atom is 0.145 e. The molecule has 4 aromatic carbocycles. The van der Waals surface area contributed by atoms with Crippen molar-refractivity contribution in [1.82, 2.24) is 4.57 Å². The molecule has 6 aromatic rings. The molecular weight excluding hydrogens is 366 g/mol. The summed E-state index contributed by atoms with van der Waals surface area (Å²) >= 11 is 0. The van der Waals surface area contributed by atoms with E-state index in [0.717, 1.165) is 11.2 Å². The third kappa shape index (κ3) is 1.76. The minimum Gasteiger partial charge on any atom is -0.455 e. The lowest BCUT2D eigenvalue weighted by Gasteiger charge is -2.19. The van der Waals surface area contributed by atoms with Crippen molar-refractivity contribution in [3.63, 3.8) is 0 Å². The molecule has 2 aromatic heterocycles. The lowest BCUT2D eigenvalue weighted by atomic mass is 9.87. The van der Waals surface area contributed by atoms with E-state index in [4.69, 9.17) is 4.42 Å². The van der Waals surface area contributed by atoms with Crippen molar-refractivity contribution in [2.75, 3.05) is 0 Å². The molecule has 0 unspecified atom stereocenters. The normalized spacial score (nSPS) is 14.8. The molecule has 2 nitrogen and oxygen atoms in total. The second kappa shape index (κ2) is 5.14. The Morgan fingerprint density at radius 1 is 0.600 bits per heavy atom. The summed E-state index contributed by atoms with van der Waals surface area (Å²) in [6, 6.07) is 24.7. The van der Waals surface area contributed by atoms with E-state index in [1.807, 2.05) is 0 Å². The summed E-state index contributed by atoms with van der Waals surface area (Å²) in [5, 5.41) is 5.06. The highest BCUT2D eigenvalue weighted by Crippen LogP contribution is 2.43. The van der Waals surface area contributed by atoms with Crippen LogP contribution < -0.4 is 0 Å². The Labute approximate surface area is 173 Å². The number of furan rings is 1. The van der Waals surface area contributed by atoms with Gasteiger partial charge in [-0.05, 0) is 96.5 Å². The van der Waals surface area contributed by atoms with Crippen LogP contribution in [0.1, 0.15) is 22.3 Å². The van der Waals surface area contributed by atoms with Crippen LogP contribution in [-0.4, -0.2) is 4.57 Å². The first kappa shape index (κ1) is 15.3. The molecule has 2 heteroatoms. The first-order valence-corrected chi connectivity index (χ1v) is 10.9. The van der Waals surface area contributed by atoms with Gasteiger partial charge in [0, 0.05) is 21.8 Å². The van der Waals surface area contributed by atoms with E-state index in [1.54, 1.807) is 0 Å². The van der Waals surface area contributed by atoms with Crippen molar-refractivity contribution in [3.8, 4) is 5.69 Å². The van der Waals surface area contributed by atoms with Crippen molar-refractivity contribution >= 4 is 43.7 Å². The van der Waals surface area contributed by atoms with E-state index in [1.165, 1.54) is 86.2 Å². The van der Waals surface area contributed by atoms with Gasteiger partial charge in [-0.25, -0.2) is 0 Å². The van der Waals surface area contributed by atoms with Gasteiger partial charge in [0.2, 0.25) is 0 Å². The number of para-hydroxylation sites is 1. The summed E-state index contributed by atoms with van der Waals surface area (Å²) in [6.45, 7) is 0. The fourth-order valence-corrected chi connectivity index (χ4v) is 5.57. The molecule has 0 N–H and O–H groups in total. The second-order valence-electron chi connectivity index (χ2n) is 8.86. The van der Waals surface area contributed by atoms with Gasteiger partial charge in [-0.15, -0.1) is 0 Å². The van der Waals surface area contributed by atoms with Crippen LogP contribution in [0.2, 0.25) is 0 Å². The molecular formula is C28H19NO. The Morgan fingerprint density at radius 2 is 1.30 bits per heavy atom. The zero-order valence-corrected chi connectivity index (χ0v) is 16.5. The minimum atomic E-state index is 1.03. The van der Waals surface area contributed by atoms with Gasteiger partial charge in [0.15, 0.2) is 0 Å². The maximum absolute atomic E-state index is 6.57. The van der Waals surface area contributed by atoms with Gasteiger partial charge in [-0.3, -0.25) is 0 Å². The predicted octanol–water partition coefficient (Wildman–Crippen LogP) is 6.88. The molecule has 0 bridgehead atoms. The zero-order valence-electron chi connectivity index (χ0n) is 16.5. The SMILES string of the molecule is c1ccc(-n2c3cc4c(cc3c3c5oc6cc7c(cc6c5ccc32)CC7)CC4)cc1. The highest BCUT2D eigenvalue weighted by molar-refractivity contribution is 6.24. The first-order chi connectivity index (χ1) is 14.8. The molecule has 0 saturated carbocycles. The van der Waals surface area contributed by atoms with Gasteiger partial charge < -0.3 is 8.98 Å². The number of fused-ring (bicyclic) bond motifs is 9. The molecule has 2 heterocycles. The van der Waals surface area contributed by atoms with Crippen molar-refractivity contribution in [3.05, 3.63) is 89.0 Å². The topological polar surface area (TPSA) is 18.1 Å². The molecule has 2 aliphatic carbocycles. The Bertz CT molecular complexity index is 1680. The van der Waals surface area contributed by atoms with Crippen molar-refractivity contribution < 1.29 is 4.42 Å². The number of hydrogen-bond acceptors (Lipinski definition) is 1. The monoisotopic (exact) mass is 385 g/mol. The Kier molecular flexibility index (Phi) is 2.63. The number of aromatic nitrogens is 1. The van der Waals surface area contributed by atoms with Crippen molar-refractivity contribution in [2.45, 2.75) is 25.7 Å². The number of aryl methyl sites for hydroxylation is 4. The second-order valence-corrected chi connectivity index (χ2v) is 8.86. The number of hydrogen-bond donors (Lipinski definition) is 0. The summed E-state index contributed by atoms with van der Waals surface area (Å²) in [4.78, 5) is 0. The molecule has 0 atom stereocenters. The van der Waals surface area contributed by atoms with Gasteiger partial charge >= 0.3 is 0 Å². The molecule has 142 valence electrons. The van der Waals surface area contributed by atoms with E-state index in [9.17, 15) is 0 Å². The summed E-state index contributed by atoms with van der Waals surface area (Å²) in [5.41, 5.74) is 11.7. The maximum atomic E-state index is 6.57. The zero-order chi connectivity index (χ0) is 19.4. The van der Waals surface area contributed by atoms with Crippen LogP contribution in [0.3, 0.4) is 0 Å². The fraction of sp³-hybridized carbons (Fsp3) is 0.143. The summed E-state index contributed by atoms with van der Waals surface area (Å²) in [5.74, 6) is 0. The van der Waals surface area contributed by atoms with Crippen LogP contribution in [0.25, 0.3) is 49.4 Å². The average molecular weight is 385 g/mol. The summed E-state index contributed by atoms with van der Waals surface area (Å²) in [6.07, 6.45) is 4.75. The Morgan fingerprint density at radius 3 is 2.07 bits per heavy atom. The molecule has 0 radical (unpaired) electrons. The largest absolute Gasteiger partial charge is 0.455 e. The predicted molar refractivity (Wildman–Crippen MR) is 123 cm³/mol. The van der Waals surface area contributed by atoms with Gasteiger partial charge in [0.25, 0.3) is 0 Å². The van der Waals surface area contributed by atoms with E-state index in [-0.39, 0.29) is 0 Å². The van der Waals surface area contributed by atoms with Crippen LogP contribution >= 0.6 is 0 Å². The standard InChI is InChI=1S/C28H19NO/c1-2-4-20(5-3-1)29-24-11-10-21-22-12-16-7-9-19(16)15-26(22)30-28(21)27(24)23-13-17-6-8-18(17)14-25(23)29/h1-5,10-15H,6-9H2. The quantitative estimate of drug-likeness (QED) is 0.302. The van der Waals surface area contributed by atoms with Gasteiger partial charge in [0.05, 0.1) is 16.4 Å². The number of benzene rings is 4. The third-order valence-corrected chi connectivity index (χ3v) is 7.35. The molecule has 0 saturated heterocycles. The molecule has 0 fully saturated rings. The first-order valence-electron chi connectivity index (χ1n) is 10.9. The lowest BCUT2D eigenvalue weighted by Crippen LogP contribution is -2.07. The lowest BCUT2D eigenvalue weighted by molar-refractivity contribution is 0.670. The minimum absolute atomic E-state index is 1.03. The summed E-state index contributed by atoms with van der Waals surface area (Å²) in [7, 11) is 0. The third-order valence-electron chi connectivity index (χ3n) is 7.35. The van der Waals surface area contributed by atoms with Crippen LogP contribution in [0, 0.1) is 0 Å². The fourth-order valence-electron chi connectivity index (χ4n) is 5.57. The van der Waals surface area contributed by atoms with E-state index in [0.29, 0.717) is 0 Å². The van der Waals surface area contributed by atoms with Crippen LogP contribution in [0.4, 0.5) is 0 Å². The Hall–Kier alpha value is -3.52. The highest BCUT2D eigenvalue weighted by atomic mass is 16.3. The average Bonchev–Trinajstić information content (AvgIpc) is 3.26. The van der Waals surface area contributed by atoms with Crippen LogP contribution in [-0.2, 0) is 25.7 Å². The molecule has 2 aliphatic rings. The van der Waals surface area contributed by atoms with Crippen molar-refractivity contribution in [2.24, 2.45) is 0 Å². The van der Waals surface area contributed by atoms with Gasteiger partial charge in [-0.2, -0.15) is 0 Å². The molecule has 0 amide bonds. The van der Waals surface area contributed by atoms with Crippen LogP contribution in [0.5, 0.6) is 0 Å².